The lowest BCUT2D eigenvalue weighted by atomic mass is 10.1. The summed E-state index contributed by atoms with van der Waals surface area (Å²) in [6.07, 6.45) is 0.0208. The molecule has 0 unspecified atom stereocenters. The third-order valence-electron chi connectivity index (χ3n) is 1.93. The van der Waals surface area contributed by atoms with Crippen LogP contribution in [0.5, 0.6) is 5.75 Å². The summed E-state index contributed by atoms with van der Waals surface area (Å²) in [6, 6.07) is 4.59. The normalized spacial score (nSPS) is 11.2. The molecule has 0 aliphatic carbocycles. The van der Waals surface area contributed by atoms with E-state index < -0.39 is 5.60 Å². The van der Waals surface area contributed by atoms with Crippen molar-refractivity contribution >= 4 is 11.6 Å². The Kier molecular flexibility index (Phi) is 3.96. The molecule has 0 saturated carbocycles. The van der Waals surface area contributed by atoms with Crippen LogP contribution in [-0.4, -0.2) is 16.6 Å². The molecule has 0 aromatic heterocycles. The zero-order valence-corrected chi connectivity index (χ0v) is 10.3. The molecule has 0 radical (unpaired) electrons. The van der Waals surface area contributed by atoms with E-state index in [1.807, 2.05) is 20.8 Å². The maximum atomic E-state index is 11.5. The minimum absolute atomic E-state index is 0.0208. The molecule has 1 aromatic carbocycles. The van der Waals surface area contributed by atoms with Gasteiger partial charge in [-0.3, -0.25) is 9.63 Å². The number of hydroxylamine groups is 1. The second kappa shape index (κ2) is 5.05. The van der Waals surface area contributed by atoms with Gasteiger partial charge < -0.3 is 10.8 Å². The molecule has 0 aliphatic heterocycles. The highest BCUT2D eigenvalue weighted by molar-refractivity contribution is 5.78. The van der Waals surface area contributed by atoms with Gasteiger partial charge in [0.1, 0.15) is 5.75 Å². The molecule has 1 rings (SSSR count). The molecule has 0 aliphatic rings. The molecule has 1 aromatic rings. The number of benzene rings is 1. The summed E-state index contributed by atoms with van der Waals surface area (Å²) >= 11 is 0. The summed E-state index contributed by atoms with van der Waals surface area (Å²) in [5.41, 5.74) is 8.42. The van der Waals surface area contributed by atoms with Crippen LogP contribution in [0.3, 0.4) is 0 Å². The predicted octanol–water partition coefficient (Wildman–Crippen LogP) is 1.36. The van der Waals surface area contributed by atoms with Gasteiger partial charge >= 0.3 is 0 Å². The number of phenolic OH excluding ortho intramolecular Hbond substituents is 1. The fourth-order valence-corrected chi connectivity index (χ4v) is 1.17. The van der Waals surface area contributed by atoms with Crippen LogP contribution in [0.2, 0.25) is 0 Å². The molecule has 5 heteroatoms. The number of hydrogen-bond donors (Lipinski definition) is 3. The first-order valence-electron chi connectivity index (χ1n) is 5.32. The second-order valence-electron chi connectivity index (χ2n) is 4.80. The number of nitrogens with two attached hydrogens (primary N) is 1. The first-order chi connectivity index (χ1) is 7.78. The Hall–Kier alpha value is -1.75. The molecule has 0 spiro atoms. The van der Waals surface area contributed by atoms with Crippen molar-refractivity contribution in [1.29, 1.82) is 0 Å². The number of carbonyl (C=O) groups is 1. The highest BCUT2D eigenvalue weighted by Gasteiger charge is 2.14. The topological polar surface area (TPSA) is 84.6 Å². The quantitative estimate of drug-likeness (QED) is 0.422. The first kappa shape index (κ1) is 13.3. The van der Waals surface area contributed by atoms with Gasteiger partial charge in [-0.05, 0) is 39.0 Å². The molecule has 17 heavy (non-hydrogen) atoms. The fraction of sp³-hybridized carbons (Fsp3) is 0.417. The summed E-state index contributed by atoms with van der Waals surface area (Å²) in [5, 5.41) is 9.54. The largest absolute Gasteiger partial charge is 0.508 e. The van der Waals surface area contributed by atoms with E-state index in [2.05, 4.69) is 5.48 Å². The van der Waals surface area contributed by atoms with Crippen LogP contribution >= 0.6 is 0 Å². The van der Waals surface area contributed by atoms with Crippen LogP contribution in [-0.2, 0) is 16.1 Å². The van der Waals surface area contributed by atoms with Gasteiger partial charge in [-0.1, -0.05) is 0 Å². The van der Waals surface area contributed by atoms with E-state index in [1.165, 1.54) is 6.07 Å². The SMILES string of the molecule is CC(C)(C)ONC(=O)Cc1cc(N)ccc1O. The number of rotatable bonds is 3. The van der Waals surface area contributed by atoms with Crippen molar-refractivity contribution in [2.75, 3.05) is 5.73 Å². The Bertz CT molecular complexity index is 411. The minimum atomic E-state index is -0.451. The Balaban J connectivity index is 2.59. The molecular formula is C12H18N2O3. The molecule has 0 saturated heterocycles. The van der Waals surface area contributed by atoms with E-state index in [1.54, 1.807) is 12.1 Å². The monoisotopic (exact) mass is 238 g/mol. The molecule has 0 heterocycles. The molecule has 0 atom stereocenters. The van der Waals surface area contributed by atoms with Crippen molar-refractivity contribution in [3.05, 3.63) is 23.8 Å². The summed E-state index contributed by atoms with van der Waals surface area (Å²) in [4.78, 5) is 16.7. The van der Waals surface area contributed by atoms with Crippen molar-refractivity contribution in [3.63, 3.8) is 0 Å². The maximum absolute atomic E-state index is 11.5. The third-order valence-corrected chi connectivity index (χ3v) is 1.93. The van der Waals surface area contributed by atoms with Crippen molar-refractivity contribution < 1.29 is 14.7 Å². The van der Waals surface area contributed by atoms with Crippen LogP contribution in [0.4, 0.5) is 5.69 Å². The average molecular weight is 238 g/mol. The zero-order chi connectivity index (χ0) is 13.1. The van der Waals surface area contributed by atoms with Crippen molar-refractivity contribution in [1.82, 2.24) is 5.48 Å². The molecule has 0 bridgehead atoms. The third kappa shape index (κ3) is 4.74. The Labute approximate surface area is 101 Å². The number of amides is 1. The second-order valence-corrected chi connectivity index (χ2v) is 4.80. The Morgan fingerprint density at radius 2 is 2.12 bits per heavy atom. The zero-order valence-electron chi connectivity index (χ0n) is 10.3. The molecule has 0 fully saturated rings. The number of carbonyl (C=O) groups excluding carboxylic acids is 1. The van der Waals surface area contributed by atoms with Crippen LogP contribution in [0.1, 0.15) is 26.3 Å². The fourth-order valence-electron chi connectivity index (χ4n) is 1.17. The maximum Gasteiger partial charge on any atom is 0.248 e. The lowest BCUT2D eigenvalue weighted by Gasteiger charge is -2.19. The summed E-state index contributed by atoms with van der Waals surface area (Å²) in [5.74, 6) is -0.286. The average Bonchev–Trinajstić information content (AvgIpc) is 2.20. The van der Waals surface area contributed by atoms with E-state index in [0.29, 0.717) is 11.3 Å². The van der Waals surface area contributed by atoms with Gasteiger partial charge in [0.15, 0.2) is 0 Å². The first-order valence-corrected chi connectivity index (χ1v) is 5.32. The molecule has 94 valence electrons. The smallest absolute Gasteiger partial charge is 0.248 e. The van der Waals surface area contributed by atoms with Gasteiger partial charge in [0.05, 0.1) is 12.0 Å². The highest BCUT2D eigenvalue weighted by atomic mass is 16.7. The van der Waals surface area contributed by atoms with Gasteiger partial charge in [-0.15, -0.1) is 0 Å². The van der Waals surface area contributed by atoms with Gasteiger partial charge in [0, 0.05) is 11.3 Å². The van der Waals surface area contributed by atoms with E-state index in [4.69, 9.17) is 10.6 Å². The lowest BCUT2D eigenvalue weighted by Crippen LogP contribution is -2.34. The standard InChI is InChI=1S/C12H18N2O3/c1-12(2,3)17-14-11(16)7-8-6-9(13)4-5-10(8)15/h4-6,15H,7,13H2,1-3H3,(H,14,16). The number of aromatic hydroxyl groups is 1. The van der Waals surface area contributed by atoms with E-state index in [-0.39, 0.29) is 18.1 Å². The number of nitrogen functional groups attached to an aromatic ring is 1. The summed E-state index contributed by atoms with van der Waals surface area (Å²) < 4.78 is 0. The van der Waals surface area contributed by atoms with E-state index in [9.17, 15) is 9.90 Å². The molecular weight excluding hydrogens is 220 g/mol. The Morgan fingerprint density at radius 1 is 1.47 bits per heavy atom. The summed E-state index contributed by atoms with van der Waals surface area (Å²) in [6.45, 7) is 5.47. The molecule has 1 amide bonds. The van der Waals surface area contributed by atoms with Crippen LogP contribution in [0.25, 0.3) is 0 Å². The summed E-state index contributed by atoms with van der Waals surface area (Å²) in [7, 11) is 0. The van der Waals surface area contributed by atoms with Crippen LogP contribution in [0, 0.1) is 0 Å². The van der Waals surface area contributed by atoms with Crippen molar-refractivity contribution in [2.45, 2.75) is 32.8 Å². The lowest BCUT2D eigenvalue weighted by molar-refractivity contribution is -0.144. The van der Waals surface area contributed by atoms with Gasteiger partial charge in [0.2, 0.25) is 5.91 Å². The number of hydrogen-bond acceptors (Lipinski definition) is 4. The number of phenols is 1. The van der Waals surface area contributed by atoms with Crippen LogP contribution in [0.15, 0.2) is 18.2 Å². The molecule has 4 N–H and O–H groups in total. The van der Waals surface area contributed by atoms with Gasteiger partial charge in [-0.2, -0.15) is 0 Å². The highest BCUT2D eigenvalue weighted by Crippen LogP contribution is 2.20. The minimum Gasteiger partial charge on any atom is -0.508 e. The van der Waals surface area contributed by atoms with Crippen molar-refractivity contribution in [2.24, 2.45) is 0 Å². The van der Waals surface area contributed by atoms with Gasteiger partial charge in [0.25, 0.3) is 0 Å². The molecule has 5 nitrogen and oxygen atoms in total. The number of nitrogens with one attached hydrogen (secondary N) is 1. The number of anilines is 1. The van der Waals surface area contributed by atoms with Crippen molar-refractivity contribution in [3.8, 4) is 5.75 Å². The predicted molar refractivity (Wildman–Crippen MR) is 65.2 cm³/mol. The van der Waals surface area contributed by atoms with Gasteiger partial charge in [-0.25, -0.2) is 5.48 Å². The van der Waals surface area contributed by atoms with E-state index >= 15 is 0 Å². The van der Waals surface area contributed by atoms with Crippen LogP contribution < -0.4 is 11.2 Å². The Morgan fingerprint density at radius 3 is 2.71 bits per heavy atom. The van der Waals surface area contributed by atoms with E-state index in [0.717, 1.165) is 0 Å².